The van der Waals surface area contributed by atoms with Crippen LogP contribution in [-0.2, 0) is 9.53 Å². The number of rotatable bonds is 2. The van der Waals surface area contributed by atoms with E-state index in [0.717, 1.165) is 5.56 Å². The van der Waals surface area contributed by atoms with E-state index < -0.39 is 11.4 Å². The summed E-state index contributed by atoms with van der Waals surface area (Å²) in [6.45, 7) is 8.23. The summed E-state index contributed by atoms with van der Waals surface area (Å²) < 4.78 is 19.1. The number of carbonyl (C=O) groups excluding carboxylic acids is 2. The van der Waals surface area contributed by atoms with Crippen LogP contribution in [0.5, 0.6) is 0 Å². The summed E-state index contributed by atoms with van der Waals surface area (Å²) in [6, 6.07) is 4.61. The van der Waals surface area contributed by atoms with E-state index in [4.69, 9.17) is 4.74 Å². The Labute approximate surface area is 142 Å². The first kappa shape index (κ1) is 18.2. The van der Waals surface area contributed by atoms with Gasteiger partial charge in [0.15, 0.2) is 0 Å². The summed E-state index contributed by atoms with van der Waals surface area (Å²) in [7, 11) is 0. The smallest absolute Gasteiger partial charge is 0.410 e. The highest BCUT2D eigenvalue weighted by atomic mass is 19.1. The maximum Gasteiger partial charge on any atom is 0.410 e. The molecule has 0 bridgehead atoms. The molecule has 5 nitrogen and oxygen atoms in total. The molecule has 6 heteroatoms. The van der Waals surface area contributed by atoms with Gasteiger partial charge in [0, 0.05) is 19.0 Å². The van der Waals surface area contributed by atoms with E-state index in [2.05, 4.69) is 5.32 Å². The molecule has 0 radical (unpaired) electrons. The predicted molar refractivity (Wildman–Crippen MR) is 90.3 cm³/mol. The Balaban J connectivity index is 1.89. The topological polar surface area (TPSA) is 58.6 Å². The highest BCUT2D eigenvalue weighted by Gasteiger charge is 2.30. The molecule has 0 saturated carbocycles. The molecular formula is C18H25FN2O3. The SMILES string of the molecule is Cc1ccc(F)c(NC(=O)C2CCN(C(=O)OC(C)(C)C)CC2)c1. The minimum Gasteiger partial charge on any atom is -0.444 e. The van der Waals surface area contributed by atoms with Gasteiger partial charge >= 0.3 is 6.09 Å². The molecule has 2 rings (SSSR count). The molecule has 1 saturated heterocycles. The van der Waals surface area contributed by atoms with Crippen LogP contribution in [0.1, 0.15) is 39.2 Å². The zero-order valence-corrected chi connectivity index (χ0v) is 14.7. The molecule has 2 amide bonds. The molecule has 1 heterocycles. The molecule has 0 unspecified atom stereocenters. The third-order valence-corrected chi connectivity index (χ3v) is 3.90. The Hall–Kier alpha value is -2.11. The van der Waals surface area contributed by atoms with Crippen LogP contribution in [0.4, 0.5) is 14.9 Å². The number of nitrogens with zero attached hydrogens (tertiary/aromatic N) is 1. The lowest BCUT2D eigenvalue weighted by Gasteiger charge is -2.32. The van der Waals surface area contributed by atoms with Crippen LogP contribution >= 0.6 is 0 Å². The fourth-order valence-corrected chi connectivity index (χ4v) is 2.62. The number of hydrogen-bond donors (Lipinski definition) is 1. The van der Waals surface area contributed by atoms with E-state index in [9.17, 15) is 14.0 Å². The molecule has 1 aromatic carbocycles. The van der Waals surface area contributed by atoms with Crippen molar-refractivity contribution in [3.05, 3.63) is 29.6 Å². The van der Waals surface area contributed by atoms with Gasteiger partial charge in [0.1, 0.15) is 11.4 Å². The van der Waals surface area contributed by atoms with Crippen LogP contribution < -0.4 is 5.32 Å². The van der Waals surface area contributed by atoms with Crippen LogP contribution in [0.25, 0.3) is 0 Å². The van der Waals surface area contributed by atoms with Gasteiger partial charge in [-0.05, 0) is 58.2 Å². The van der Waals surface area contributed by atoms with Gasteiger partial charge in [0.2, 0.25) is 5.91 Å². The summed E-state index contributed by atoms with van der Waals surface area (Å²) in [5, 5.41) is 2.65. The Morgan fingerprint density at radius 3 is 2.46 bits per heavy atom. The zero-order chi connectivity index (χ0) is 17.9. The van der Waals surface area contributed by atoms with E-state index in [-0.39, 0.29) is 23.6 Å². The molecule has 0 aromatic heterocycles. The number of halogens is 1. The summed E-state index contributed by atoms with van der Waals surface area (Å²) in [5.74, 6) is -0.882. The number of likely N-dealkylation sites (tertiary alicyclic amines) is 1. The summed E-state index contributed by atoms with van der Waals surface area (Å²) in [5.41, 5.74) is 0.551. The largest absolute Gasteiger partial charge is 0.444 e. The van der Waals surface area contributed by atoms with Crippen molar-refractivity contribution >= 4 is 17.7 Å². The number of aryl methyl sites for hydroxylation is 1. The van der Waals surface area contributed by atoms with Gasteiger partial charge in [-0.3, -0.25) is 4.79 Å². The first-order chi connectivity index (χ1) is 11.2. The molecule has 1 aliphatic heterocycles. The lowest BCUT2D eigenvalue weighted by Crippen LogP contribution is -2.43. The summed E-state index contributed by atoms with van der Waals surface area (Å²) in [4.78, 5) is 26.0. The normalized spacial score (nSPS) is 16.0. The van der Waals surface area contributed by atoms with Gasteiger partial charge in [-0.2, -0.15) is 0 Å². The molecule has 0 atom stereocenters. The molecule has 0 spiro atoms. The minimum absolute atomic E-state index is 0.203. The minimum atomic E-state index is -0.534. The zero-order valence-electron chi connectivity index (χ0n) is 14.7. The second-order valence-electron chi connectivity index (χ2n) is 7.21. The molecule has 1 aromatic rings. The average Bonchev–Trinajstić information content (AvgIpc) is 2.49. The number of amides is 2. The van der Waals surface area contributed by atoms with E-state index in [1.54, 1.807) is 17.0 Å². The number of benzene rings is 1. The Morgan fingerprint density at radius 1 is 1.25 bits per heavy atom. The van der Waals surface area contributed by atoms with Crippen LogP contribution in [-0.4, -0.2) is 35.6 Å². The Morgan fingerprint density at radius 2 is 1.88 bits per heavy atom. The van der Waals surface area contributed by atoms with Crippen LogP contribution in [0.2, 0.25) is 0 Å². The van der Waals surface area contributed by atoms with Gasteiger partial charge in [-0.15, -0.1) is 0 Å². The second-order valence-corrected chi connectivity index (χ2v) is 7.21. The third-order valence-electron chi connectivity index (χ3n) is 3.90. The van der Waals surface area contributed by atoms with Gasteiger partial charge in [0.05, 0.1) is 5.69 Å². The number of carbonyl (C=O) groups is 2. The highest BCUT2D eigenvalue weighted by molar-refractivity contribution is 5.92. The first-order valence-electron chi connectivity index (χ1n) is 8.20. The van der Waals surface area contributed by atoms with Gasteiger partial charge < -0.3 is 15.0 Å². The van der Waals surface area contributed by atoms with Crippen LogP contribution in [0.15, 0.2) is 18.2 Å². The van der Waals surface area contributed by atoms with Crippen molar-refractivity contribution in [2.45, 2.75) is 46.1 Å². The van der Waals surface area contributed by atoms with E-state index >= 15 is 0 Å². The second kappa shape index (κ2) is 7.20. The Bertz CT molecular complexity index is 617. The van der Waals surface area contributed by atoms with Crippen molar-refractivity contribution in [1.29, 1.82) is 0 Å². The highest BCUT2D eigenvalue weighted by Crippen LogP contribution is 2.23. The first-order valence-corrected chi connectivity index (χ1v) is 8.20. The maximum absolute atomic E-state index is 13.7. The summed E-state index contributed by atoms with van der Waals surface area (Å²) in [6.07, 6.45) is 0.725. The van der Waals surface area contributed by atoms with Crippen molar-refractivity contribution in [2.75, 3.05) is 18.4 Å². The third kappa shape index (κ3) is 4.94. The monoisotopic (exact) mass is 336 g/mol. The maximum atomic E-state index is 13.7. The van der Waals surface area contributed by atoms with Crippen molar-refractivity contribution in [3.63, 3.8) is 0 Å². The standard InChI is InChI=1S/C18H25FN2O3/c1-12-5-6-14(19)15(11-12)20-16(22)13-7-9-21(10-8-13)17(23)24-18(2,3)4/h5-6,11,13H,7-10H2,1-4H3,(H,20,22). The number of piperidine rings is 1. The van der Waals surface area contributed by atoms with Gasteiger partial charge in [-0.1, -0.05) is 6.07 Å². The number of hydrogen-bond acceptors (Lipinski definition) is 3. The van der Waals surface area contributed by atoms with E-state index in [0.29, 0.717) is 25.9 Å². The molecule has 24 heavy (non-hydrogen) atoms. The van der Waals surface area contributed by atoms with Crippen molar-refractivity contribution < 1.29 is 18.7 Å². The molecule has 0 aliphatic carbocycles. The van der Waals surface area contributed by atoms with Crippen LogP contribution in [0, 0.1) is 18.7 Å². The molecule has 1 N–H and O–H groups in total. The van der Waals surface area contributed by atoms with Crippen molar-refractivity contribution in [3.8, 4) is 0 Å². The molecule has 132 valence electrons. The van der Waals surface area contributed by atoms with Gasteiger partial charge in [-0.25, -0.2) is 9.18 Å². The van der Waals surface area contributed by atoms with Gasteiger partial charge in [0.25, 0.3) is 0 Å². The molecule has 1 fully saturated rings. The molecular weight excluding hydrogens is 311 g/mol. The number of ether oxygens (including phenoxy) is 1. The fraction of sp³-hybridized carbons (Fsp3) is 0.556. The van der Waals surface area contributed by atoms with E-state index in [1.807, 2.05) is 27.7 Å². The lowest BCUT2D eigenvalue weighted by molar-refractivity contribution is -0.121. The quantitative estimate of drug-likeness (QED) is 0.895. The van der Waals surface area contributed by atoms with Crippen LogP contribution in [0.3, 0.4) is 0 Å². The molecule has 1 aliphatic rings. The number of anilines is 1. The fourth-order valence-electron chi connectivity index (χ4n) is 2.62. The van der Waals surface area contributed by atoms with Crippen molar-refractivity contribution in [2.24, 2.45) is 5.92 Å². The number of nitrogens with one attached hydrogen (secondary N) is 1. The van der Waals surface area contributed by atoms with E-state index in [1.165, 1.54) is 6.07 Å². The predicted octanol–water partition coefficient (Wildman–Crippen LogP) is 3.72. The van der Waals surface area contributed by atoms with Crippen molar-refractivity contribution in [1.82, 2.24) is 4.90 Å². The summed E-state index contributed by atoms with van der Waals surface area (Å²) >= 11 is 0. The average molecular weight is 336 g/mol. The lowest BCUT2D eigenvalue weighted by atomic mass is 9.96. The Kier molecular flexibility index (Phi) is 5.47.